The number of amides is 2. The van der Waals surface area contributed by atoms with E-state index >= 15 is 0 Å². The molecule has 0 atom stereocenters. The number of nitrogens with zero attached hydrogens (tertiary/aromatic N) is 1. The van der Waals surface area contributed by atoms with Crippen LogP contribution in [0.2, 0.25) is 10.0 Å². The average Bonchev–Trinajstić information content (AvgIpc) is 2.79. The zero-order valence-electron chi connectivity index (χ0n) is 17.0. The highest BCUT2D eigenvalue weighted by atomic mass is 35.5. The van der Waals surface area contributed by atoms with E-state index in [1.807, 2.05) is 0 Å². The molecule has 0 aliphatic carbocycles. The Bertz CT molecular complexity index is 1150. The smallest absolute Gasteiger partial charge is 0.329 e. The summed E-state index contributed by atoms with van der Waals surface area (Å²) in [5, 5.41) is 7.36. The van der Waals surface area contributed by atoms with Crippen LogP contribution in [0.5, 0.6) is 11.5 Å². The van der Waals surface area contributed by atoms with Crippen molar-refractivity contribution in [3.8, 4) is 11.5 Å². The molecular formula is C23H19Cl2N3O4. The summed E-state index contributed by atoms with van der Waals surface area (Å²) in [4.78, 5) is 24.0. The lowest BCUT2D eigenvalue weighted by molar-refractivity contribution is -0.136. The van der Waals surface area contributed by atoms with Crippen molar-refractivity contribution >= 4 is 46.9 Å². The number of carbonyl (C=O) groups is 2. The fourth-order valence-electron chi connectivity index (χ4n) is 2.63. The summed E-state index contributed by atoms with van der Waals surface area (Å²) in [6, 6.07) is 19.0. The van der Waals surface area contributed by atoms with Crippen LogP contribution in [-0.4, -0.2) is 25.1 Å². The van der Waals surface area contributed by atoms with Crippen LogP contribution in [0, 0.1) is 0 Å². The average molecular weight is 472 g/mol. The van der Waals surface area contributed by atoms with E-state index in [9.17, 15) is 9.59 Å². The molecule has 0 unspecified atom stereocenters. The van der Waals surface area contributed by atoms with E-state index in [-0.39, 0.29) is 6.61 Å². The summed E-state index contributed by atoms with van der Waals surface area (Å²) in [5.74, 6) is -0.769. The largest absolute Gasteiger partial charge is 0.495 e. The molecule has 2 N–H and O–H groups in total. The summed E-state index contributed by atoms with van der Waals surface area (Å²) in [5.41, 5.74) is 4.02. The standard InChI is InChI=1S/C23H19Cl2N3O4/c1-31-21-8-3-2-7-20(21)27-22(29)23(30)28-26-13-15-5-4-6-18(11-15)32-14-16-9-10-17(24)12-19(16)25/h2-13H,14H2,1H3,(H,27,29)(H,28,30)/b26-13+. The lowest BCUT2D eigenvalue weighted by atomic mass is 10.2. The molecule has 7 nitrogen and oxygen atoms in total. The lowest BCUT2D eigenvalue weighted by Gasteiger charge is -2.09. The summed E-state index contributed by atoms with van der Waals surface area (Å²) in [7, 11) is 1.47. The normalized spacial score (nSPS) is 10.6. The predicted molar refractivity (Wildman–Crippen MR) is 125 cm³/mol. The number of ether oxygens (including phenoxy) is 2. The highest BCUT2D eigenvalue weighted by molar-refractivity contribution is 6.39. The fourth-order valence-corrected chi connectivity index (χ4v) is 3.09. The number of benzene rings is 3. The van der Waals surface area contributed by atoms with Crippen LogP contribution >= 0.6 is 23.2 Å². The van der Waals surface area contributed by atoms with Crippen molar-refractivity contribution in [3.05, 3.63) is 87.9 Å². The van der Waals surface area contributed by atoms with Crippen molar-refractivity contribution < 1.29 is 19.1 Å². The van der Waals surface area contributed by atoms with E-state index in [0.717, 1.165) is 5.56 Å². The number of carbonyl (C=O) groups excluding carboxylic acids is 2. The van der Waals surface area contributed by atoms with Gasteiger partial charge in [0.25, 0.3) is 0 Å². The summed E-state index contributed by atoms with van der Waals surface area (Å²) < 4.78 is 10.9. The van der Waals surface area contributed by atoms with Gasteiger partial charge in [0, 0.05) is 15.6 Å². The minimum Gasteiger partial charge on any atom is -0.495 e. The van der Waals surface area contributed by atoms with Crippen LogP contribution in [0.4, 0.5) is 5.69 Å². The van der Waals surface area contributed by atoms with Gasteiger partial charge in [0.1, 0.15) is 18.1 Å². The number of halogens is 2. The molecule has 3 aromatic carbocycles. The predicted octanol–water partition coefficient (Wildman–Crippen LogP) is 4.67. The fraction of sp³-hybridized carbons (Fsp3) is 0.0870. The van der Waals surface area contributed by atoms with Crippen molar-refractivity contribution in [2.75, 3.05) is 12.4 Å². The molecule has 164 valence electrons. The molecule has 0 spiro atoms. The number of methoxy groups -OCH3 is 1. The van der Waals surface area contributed by atoms with Crippen molar-refractivity contribution in [3.63, 3.8) is 0 Å². The maximum absolute atomic E-state index is 12.1. The van der Waals surface area contributed by atoms with Crippen molar-refractivity contribution in [1.82, 2.24) is 5.43 Å². The van der Waals surface area contributed by atoms with Crippen LogP contribution in [-0.2, 0) is 16.2 Å². The second kappa shape index (κ2) is 11.2. The SMILES string of the molecule is COc1ccccc1NC(=O)C(=O)N/N=C/c1cccc(OCc2ccc(Cl)cc2Cl)c1. The third-order valence-electron chi connectivity index (χ3n) is 4.21. The van der Waals surface area contributed by atoms with Gasteiger partial charge in [-0.3, -0.25) is 9.59 Å². The zero-order chi connectivity index (χ0) is 22.9. The number of hydrazone groups is 1. The number of para-hydroxylation sites is 2. The quantitative estimate of drug-likeness (QED) is 0.297. The Morgan fingerprint density at radius 3 is 2.59 bits per heavy atom. The minimum absolute atomic E-state index is 0.260. The lowest BCUT2D eigenvalue weighted by Crippen LogP contribution is -2.32. The van der Waals surface area contributed by atoms with Gasteiger partial charge in [-0.05, 0) is 42.0 Å². The molecule has 0 saturated carbocycles. The molecule has 0 aromatic heterocycles. The first-order valence-corrected chi connectivity index (χ1v) is 10.2. The van der Waals surface area contributed by atoms with Gasteiger partial charge in [-0.2, -0.15) is 5.10 Å². The van der Waals surface area contributed by atoms with Crippen LogP contribution in [0.3, 0.4) is 0 Å². The number of hydrogen-bond donors (Lipinski definition) is 2. The number of nitrogens with one attached hydrogen (secondary N) is 2. The van der Waals surface area contributed by atoms with E-state index in [1.165, 1.54) is 13.3 Å². The van der Waals surface area contributed by atoms with E-state index < -0.39 is 11.8 Å². The highest BCUT2D eigenvalue weighted by Crippen LogP contribution is 2.24. The zero-order valence-corrected chi connectivity index (χ0v) is 18.5. The molecule has 2 amide bonds. The Labute approximate surface area is 194 Å². The van der Waals surface area contributed by atoms with Gasteiger partial charge in [0.2, 0.25) is 0 Å². The second-order valence-electron chi connectivity index (χ2n) is 6.45. The topological polar surface area (TPSA) is 89.0 Å². The highest BCUT2D eigenvalue weighted by Gasteiger charge is 2.14. The van der Waals surface area contributed by atoms with E-state index in [0.29, 0.717) is 32.8 Å². The Kier molecular flexibility index (Phi) is 8.08. The third kappa shape index (κ3) is 6.47. The monoisotopic (exact) mass is 471 g/mol. The van der Waals surface area contributed by atoms with Gasteiger partial charge in [0.15, 0.2) is 0 Å². The number of rotatable bonds is 7. The maximum atomic E-state index is 12.1. The Balaban J connectivity index is 1.54. The minimum atomic E-state index is -0.919. The van der Waals surface area contributed by atoms with Crippen LogP contribution in [0.25, 0.3) is 0 Å². The van der Waals surface area contributed by atoms with Crippen molar-refractivity contribution in [1.29, 1.82) is 0 Å². The second-order valence-corrected chi connectivity index (χ2v) is 7.29. The molecule has 0 aliphatic rings. The molecule has 0 heterocycles. The van der Waals surface area contributed by atoms with E-state index in [1.54, 1.807) is 66.7 Å². The van der Waals surface area contributed by atoms with Crippen LogP contribution in [0.1, 0.15) is 11.1 Å². The Hall–Kier alpha value is -3.55. The molecule has 9 heteroatoms. The molecule has 0 radical (unpaired) electrons. The number of hydrogen-bond acceptors (Lipinski definition) is 5. The third-order valence-corrected chi connectivity index (χ3v) is 4.80. The summed E-state index contributed by atoms with van der Waals surface area (Å²) in [6.07, 6.45) is 1.40. The molecule has 3 aromatic rings. The molecule has 32 heavy (non-hydrogen) atoms. The maximum Gasteiger partial charge on any atom is 0.329 e. The number of anilines is 1. The van der Waals surface area contributed by atoms with Gasteiger partial charge in [-0.25, -0.2) is 5.43 Å². The molecule has 0 fully saturated rings. The summed E-state index contributed by atoms with van der Waals surface area (Å²) >= 11 is 12.1. The summed E-state index contributed by atoms with van der Waals surface area (Å²) in [6.45, 7) is 0.260. The molecule has 0 saturated heterocycles. The Morgan fingerprint density at radius 2 is 1.81 bits per heavy atom. The van der Waals surface area contributed by atoms with E-state index in [2.05, 4.69) is 15.8 Å². The Morgan fingerprint density at radius 1 is 1.00 bits per heavy atom. The van der Waals surface area contributed by atoms with Gasteiger partial charge in [0.05, 0.1) is 19.0 Å². The van der Waals surface area contributed by atoms with Crippen molar-refractivity contribution in [2.24, 2.45) is 5.10 Å². The van der Waals surface area contributed by atoms with Gasteiger partial charge in [-0.1, -0.05) is 53.5 Å². The molecule has 3 rings (SSSR count). The first-order valence-electron chi connectivity index (χ1n) is 9.40. The van der Waals surface area contributed by atoms with E-state index in [4.69, 9.17) is 32.7 Å². The van der Waals surface area contributed by atoms with Crippen molar-refractivity contribution in [2.45, 2.75) is 6.61 Å². The van der Waals surface area contributed by atoms with Crippen LogP contribution < -0.4 is 20.2 Å². The van der Waals surface area contributed by atoms with Crippen LogP contribution in [0.15, 0.2) is 71.8 Å². The first kappa shape index (κ1) is 23.1. The molecule has 0 aliphatic heterocycles. The first-order chi connectivity index (χ1) is 15.5. The molecule has 0 bridgehead atoms. The van der Waals surface area contributed by atoms with Gasteiger partial charge >= 0.3 is 11.8 Å². The van der Waals surface area contributed by atoms with Gasteiger partial charge in [-0.15, -0.1) is 0 Å². The van der Waals surface area contributed by atoms with Gasteiger partial charge < -0.3 is 14.8 Å². The molecular weight excluding hydrogens is 453 g/mol.